The van der Waals surface area contributed by atoms with Gasteiger partial charge in [0.25, 0.3) is 0 Å². The van der Waals surface area contributed by atoms with E-state index in [1.165, 1.54) is 0 Å². The Morgan fingerprint density at radius 3 is 2.87 bits per heavy atom. The van der Waals surface area contributed by atoms with Gasteiger partial charge in [-0.15, -0.1) is 0 Å². The van der Waals surface area contributed by atoms with Crippen molar-refractivity contribution >= 4 is 16.7 Å². The molecule has 88 valence electrons. The smallest absolute Gasteiger partial charge is 0.237 e. The Kier molecular flexibility index (Phi) is 4.69. The number of carbonyl (C=O) groups is 1. The van der Waals surface area contributed by atoms with Crippen molar-refractivity contribution in [3.05, 3.63) is 0 Å². The summed E-state index contributed by atoms with van der Waals surface area (Å²) in [5, 5.41) is 14.8. The van der Waals surface area contributed by atoms with Crippen molar-refractivity contribution < 1.29 is 14.1 Å². The molecule has 1 saturated heterocycles. The van der Waals surface area contributed by atoms with E-state index in [0.29, 0.717) is 19.5 Å². The molecule has 0 aromatic heterocycles. The summed E-state index contributed by atoms with van der Waals surface area (Å²) in [4.78, 5) is 11.5. The van der Waals surface area contributed by atoms with E-state index >= 15 is 0 Å². The molecule has 1 heterocycles. The average Bonchev–Trinajstić information content (AvgIpc) is 2.60. The Hall–Kier alpha value is -0.460. The molecule has 0 aromatic carbocycles. The highest BCUT2D eigenvalue weighted by Crippen LogP contribution is 2.05. The molecule has 1 aliphatic heterocycles. The molecular weight excluding hydrogens is 216 g/mol. The minimum Gasteiger partial charge on any atom is -0.392 e. The van der Waals surface area contributed by atoms with Gasteiger partial charge in [-0.05, 0) is 13.3 Å². The number of carbonyl (C=O) groups excluding carboxylic acids is 1. The average molecular weight is 234 g/mol. The fourth-order valence-electron chi connectivity index (χ4n) is 1.40. The monoisotopic (exact) mass is 234 g/mol. The van der Waals surface area contributed by atoms with Crippen LogP contribution in [-0.4, -0.2) is 52.0 Å². The van der Waals surface area contributed by atoms with Gasteiger partial charge in [-0.25, -0.2) is 0 Å². The quantitative estimate of drug-likeness (QED) is 0.558. The molecule has 4 unspecified atom stereocenters. The van der Waals surface area contributed by atoms with E-state index in [0.717, 1.165) is 0 Å². The first-order valence-electron chi connectivity index (χ1n) is 5.02. The van der Waals surface area contributed by atoms with Gasteiger partial charge in [0.05, 0.1) is 12.1 Å². The van der Waals surface area contributed by atoms with Gasteiger partial charge in [-0.3, -0.25) is 9.00 Å². The molecule has 15 heavy (non-hydrogen) atoms. The lowest BCUT2D eigenvalue weighted by atomic mass is 10.2. The minimum absolute atomic E-state index is 0.0414. The van der Waals surface area contributed by atoms with Crippen molar-refractivity contribution in [1.82, 2.24) is 10.6 Å². The highest BCUT2D eigenvalue weighted by atomic mass is 32.2. The van der Waals surface area contributed by atoms with Gasteiger partial charge < -0.3 is 15.7 Å². The molecule has 1 aliphatic rings. The van der Waals surface area contributed by atoms with E-state index in [1.54, 1.807) is 6.26 Å². The number of hydrogen-bond donors (Lipinski definition) is 3. The summed E-state index contributed by atoms with van der Waals surface area (Å²) in [6.45, 7) is 2.71. The molecule has 0 saturated carbocycles. The van der Waals surface area contributed by atoms with Crippen LogP contribution in [0, 0.1) is 0 Å². The van der Waals surface area contributed by atoms with Crippen molar-refractivity contribution in [3.8, 4) is 0 Å². The van der Waals surface area contributed by atoms with Crippen molar-refractivity contribution in [2.24, 2.45) is 0 Å². The Bertz CT molecular complexity index is 260. The molecule has 0 aromatic rings. The standard InChI is InChI=1S/C9H18N2O3S/c1-6(15(2)14)4-11-9(13)8-3-7(12)5-10-8/h6-8,10,12H,3-5H2,1-2H3,(H,11,13). The van der Waals surface area contributed by atoms with Gasteiger partial charge in [-0.1, -0.05) is 0 Å². The molecule has 0 radical (unpaired) electrons. The van der Waals surface area contributed by atoms with E-state index in [1.807, 2.05) is 6.92 Å². The zero-order valence-electron chi connectivity index (χ0n) is 9.03. The summed E-state index contributed by atoms with van der Waals surface area (Å²) < 4.78 is 11.0. The Labute approximate surface area is 92.1 Å². The molecule has 6 heteroatoms. The lowest BCUT2D eigenvalue weighted by Crippen LogP contribution is -2.43. The van der Waals surface area contributed by atoms with E-state index in [9.17, 15) is 14.1 Å². The van der Waals surface area contributed by atoms with Crippen molar-refractivity contribution in [2.45, 2.75) is 30.7 Å². The second-order valence-electron chi connectivity index (χ2n) is 3.90. The molecule has 0 spiro atoms. The molecule has 5 nitrogen and oxygen atoms in total. The number of rotatable bonds is 4. The molecule has 3 N–H and O–H groups in total. The Morgan fingerprint density at radius 1 is 1.73 bits per heavy atom. The minimum atomic E-state index is -0.920. The Morgan fingerprint density at radius 2 is 2.40 bits per heavy atom. The van der Waals surface area contributed by atoms with Crippen LogP contribution in [0.2, 0.25) is 0 Å². The zero-order valence-corrected chi connectivity index (χ0v) is 9.84. The first kappa shape index (κ1) is 12.6. The second-order valence-corrected chi connectivity index (χ2v) is 5.71. The highest BCUT2D eigenvalue weighted by molar-refractivity contribution is 7.84. The van der Waals surface area contributed by atoms with Gasteiger partial charge >= 0.3 is 0 Å². The van der Waals surface area contributed by atoms with E-state index in [-0.39, 0.29) is 17.2 Å². The lowest BCUT2D eigenvalue weighted by molar-refractivity contribution is -0.122. The van der Waals surface area contributed by atoms with Crippen LogP contribution in [0.25, 0.3) is 0 Å². The third kappa shape index (κ3) is 3.89. The van der Waals surface area contributed by atoms with Crippen molar-refractivity contribution in [1.29, 1.82) is 0 Å². The molecule has 1 amide bonds. The number of amides is 1. The third-order valence-electron chi connectivity index (χ3n) is 2.55. The zero-order chi connectivity index (χ0) is 11.4. The molecule has 4 atom stereocenters. The number of aliphatic hydroxyl groups excluding tert-OH is 1. The van der Waals surface area contributed by atoms with E-state index < -0.39 is 16.9 Å². The summed E-state index contributed by atoms with van der Waals surface area (Å²) in [6, 6.07) is -0.308. The maximum Gasteiger partial charge on any atom is 0.237 e. The summed E-state index contributed by atoms with van der Waals surface area (Å²) in [6.07, 6.45) is 1.64. The first-order valence-corrected chi connectivity index (χ1v) is 6.64. The fourth-order valence-corrected chi connectivity index (χ4v) is 1.72. The Balaban J connectivity index is 2.27. The van der Waals surface area contributed by atoms with Crippen LogP contribution in [0.5, 0.6) is 0 Å². The van der Waals surface area contributed by atoms with Crippen LogP contribution in [0.3, 0.4) is 0 Å². The largest absolute Gasteiger partial charge is 0.392 e. The van der Waals surface area contributed by atoms with Crippen LogP contribution >= 0.6 is 0 Å². The highest BCUT2D eigenvalue weighted by Gasteiger charge is 2.27. The van der Waals surface area contributed by atoms with E-state index in [4.69, 9.17) is 0 Å². The molecule has 0 bridgehead atoms. The maximum absolute atomic E-state index is 11.5. The fraction of sp³-hybridized carbons (Fsp3) is 0.889. The molecular formula is C9H18N2O3S. The molecule has 1 rings (SSSR count). The second kappa shape index (κ2) is 5.58. The summed E-state index contributed by atoms with van der Waals surface area (Å²) in [5.74, 6) is -0.121. The SMILES string of the molecule is CC(CNC(=O)C1CC(O)CN1)S(C)=O. The number of hydrogen-bond acceptors (Lipinski definition) is 4. The number of β-amino-alcohol motifs (C(OH)–C–C–N with tert-alkyl or cyclic N) is 1. The summed E-state index contributed by atoms with van der Waals surface area (Å²) in [7, 11) is -0.920. The molecule has 0 aliphatic carbocycles. The van der Waals surface area contributed by atoms with Crippen LogP contribution < -0.4 is 10.6 Å². The number of aliphatic hydroxyl groups is 1. The third-order valence-corrected chi connectivity index (χ3v) is 3.85. The van der Waals surface area contributed by atoms with Gasteiger partial charge in [0.1, 0.15) is 0 Å². The summed E-state index contributed by atoms with van der Waals surface area (Å²) in [5.41, 5.74) is 0. The van der Waals surface area contributed by atoms with Crippen LogP contribution in [0.1, 0.15) is 13.3 Å². The van der Waals surface area contributed by atoms with Crippen LogP contribution in [-0.2, 0) is 15.6 Å². The molecule has 1 fully saturated rings. The van der Waals surface area contributed by atoms with Gasteiger partial charge in [0.15, 0.2) is 0 Å². The van der Waals surface area contributed by atoms with Crippen LogP contribution in [0.15, 0.2) is 0 Å². The van der Waals surface area contributed by atoms with Gasteiger partial charge in [-0.2, -0.15) is 0 Å². The van der Waals surface area contributed by atoms with Crippen molar-refractivity contribution in [2.75, 3.05) is 19.3 Å². The lowest BCUT2D eigenvalue weighted by Gasteiger charge is -2.13. The summed E-state index contributed by atoms with van der Waals surface area (Å²) >= 11 is 0. The van der Waals surface area contributed by atoms with Gasteiger partial charge in [0, 0.05) is 35.4 Å². The van der Waals surface area contributed by atoms with Gasteiger partial charge in [0.2, 0.25) is 5.91 Å². The first-order chi connectivity index (χ1) is 7.00. The predicted molar refractivity (Wildman–Crippen MR) is 59.0 cm³/mol. The normalized spacial score (nSPS) is 29.8. The van der Waals surface area contributed by atoms with E-state index in [2.05, 4.69) is 10.6 Å². The maximum atomic E-state index is 11.5. The topological polar surface area (TPSA) is 78.4 Å². The van der Waals surface area contributed by atoms with Crippen LogP contribution in [0.4, 0.5) is 0 Å². The number of nitrogens with one attached hydrogen (secondary N) is 2. The predicted octanol–water partition coefficient (Wildman–Crippen LogP) is -1.41. The van der Waals surface area contributed by atoms with Crippen molar-refractivity contribution in [3.63, 3.8) is 0 Å².